The minimum Gasteiger partial charge on any atom is -0.258 e. The van der Waals surface area contributed by atoms with Crippen LogP contribution < -0.4 is 0 Å². The molecule has 0 aliphatic heterocycles. The lowest BCUT2D eigenvalue weighted by Gasteiger charge is -2.08. The Labute approximate surface area is 96.0 Å². The Morgan fingerprint density at radius 3 is 2.41 bits per heavy atom. The molecule has 0 aliphatic carbocycles. The Bertz CT molecular complexity index is 509. The Hall–Kier alpha value is -1.82. The molecule has 0 atom stereocenters. The molecule has 0 radical (unpaired) electrons. The van der Waals surface area contributed by atoms with Gasteiger partial charge in [0.05, 0.1) is 16.6 Å². The zero-order chi connectivity index (χ0) is 13.2. The Morgan fingerprint density at radius 1 is 1.41 bits per heavy atom. The second kappa shape index (κ2) is 4.58. The highest BCUT2D eigenvalue weighted by atomic mass is 32.2. The molecule has 17 heavy (non-hydrogen) atoms. The van der Waals surface area contributed by atoms with Crippen LogP contribution in [0.25, 0.3) is 0 Å². The van der Waals surface area contributed by atoms with Crippen LogP contribution in [0.2, 0.25) is 0 Å². The topological polar surface area (TPSA) is 66.9 Å². The number of benzene rings is 1. The molecule has 90 valence electrons. The van der Waals surface area contributed by atoms with Crippen molar-refractivity contribution >= 4 is 17.4 Å². The predicted molar refractivity (Wildman–Crippen MR) is 49.5 cm³/mol. The Kier molecular flexibility index (Phi) is 3.57. The van der Waals surface area contributed by atoms with Crippen LogP contribution in [0.3, 0.4) is 0 Å². The van der Waals surface area contributed by atoms with Gasteiger partial charge in [-0.25, -0.2) is 4.39 Å². The molecular formula is C8H2F4N2O2S. The largest absolute Gasteiger partial charge is 0.419 e. The molecule has 9 heteroatoms. The van der Waals surface area contributed by atoms with Crippen LogP contribution in [0.15, 0.2) is 17.0 Å². The normalized spacial score (nSPS) is 11.0. The van der Waals surface area contributed by atoms with Gasteiger partial charge in [0.15, 0.2) is 0 Å². The first-order valence-corrected chi connectivity index (χ1v) is 4.70. The third kappa shape index (κ3) is 2.85. The number of thioether (sulfide) groups is 1. The second-order valence-electron chi connectivity index (χ2n) is 2.75. The van der Waals surface area contributed by atoms with Crippen LogP contribution in [-0.2, 0) is 6.18 Å². The molecule has 0 N–H and O–H groups in total. The highest BCUT2D eigenvalue weighted by Gasteiger charge is 2.36. The minimum absolute atomic E-state index is 0.155. The maximum atomic E-state index is 13.0. The fourth-order valence-corrected chi connectivity index (χ4v) is 1.55. The third-order valence-corrected chi connectivity index (χ3v) is 2.34. The SMILES string of the molecule is N#CSc1cc(C(F)(F)F)c(F)cc1[N+](=O)[O-]. The highest BCUT2D eigenvalue weighted by molar-refractivity contribution is 8.03. The maximum Gasteiger partial charge on any atom is 0.419 e. The van der Waals surface area contributed by atoms with Crippen molar-refractivity contribution in [3.8, 4) is 5.40 Å². The van der Waals surface area contributed by atoms with Gasteiger partial charge >= 0.3 is 6.18 Å². The van der Waals surface area contributed by atoms with Crippen molar-refractivity contribution in [3.05, 3.63) is 33.6 Å². The van der Waals surface area contributed by atoms with E-state index >= 15 is 0 Å². The molecule has 1 rings (SSSR count). The van der Waals surface area contributed by atoms with Gasteiger partial charge in [-0.15, -0.1) is 0 Å². The summed E-state index contributed by atoms with van der Waals surface area (Å²) in [7, 11) is 0. The molecule has 0 aliphatic rings. The predicted octanol–water partition coefficient (Wildman–Crippen LogP) is 3.33. The minimum atomic E-state index is -4.97. The maximum absolute atomic E-state index is 13.0. The summed E-state index contributed by atoms with van der Waals surface area (Å²) in [5.74, 6) is -1.74. The van der Waals surface area contributed by atoms with Gasteiger partial charge in [-0.3, -0.25) is 10.1 Å². The van der Waals surface area contributed by atoms with Crippen LogP contribution in [0.1, 0.15) is 5.56 Å². The van der Waals surface area contributed by atoms with E-state index in [0.29, 0.717) is 0 Å². The van der Waals surface area contributed by atoms with Gasteiger partial charge in [0.1, 0.15) is 16.1 Å². The lowest BCUT2D eigenvalue weighted by Crippen LogP contribution is -2.09. The quantitative estimate of drug-likeness (QED) is 0.271. The zero-order valence-corrected chi connectivity index (χ0v) is 8.60. The van der Waals surface area contributed by atoms with E-state index in [1.54, 1.807) is 0 Å². The summed E-state index contributed by atoms with van der Waals surface area (Å²) >= 11 is 0.166. The number of rotatable bonds is 2. The lowest BCUT2D eigenvalue weighted by molar-refractivity contribution is -0.388. The fraction of sp³-hybridized carbons (Fsp3) is 0.125. The van der Waals surface area contributed by atoms with E-state index in [0.717, 1.165) is 0 Å². The molecular weight excluding hydrogens is 264 g/mol. The number of nitro benzene ring substituents is 1. The van der Waals surface area contributed by atoms with Crippen LogP contribution in [-0.4, -0.2) is 4.92 Å². The number of nitrogens with zero attached hydrogens (tertiary/aromatic N) is 2. The fourth-order valence-electron chi connectivity index (χ4n) is 1.03. The van der Waals surface area contributed by atoms with Crippen molar-refractivity contribution in [1.82, 2.24) is 0 Å². The molecule has 0 bridgehead atoms. The first-order valence-electron chi connectivity index (χ1n) is 3.88. The van der Waals surface area contributed by atoms with Gasteiger partial charge < -0.3 is 0 Å². The zero-order valence-electron chi connectivity index (χ0n) is 7.79. The number of hydrogen-bond donors (Lipinski definition) is 0. The van der Waals surface area contributed by atoms with E-state index in [-0.39, 0.29) is 23.9 Å². The molecule has 0 fully saturated rings. The summed E-state index contributed by atoms with van der Waals surface area (Å²) < 4.78 is 49.9. The van der Waals surface area contributed by atoms with E-state index in [4.69, 9.17) is 5.26 Å². The van der Waals surface area contributed by atoms with Crippen molar-refractivity contribution in [1.29, 1.82) is 5.26 Å². The lowest BCUT2D eigenvalue weighted by atomic mass is 10.2. The summed E-state index contributed by atoms with van der Waals surface area (Å²) in [6, 6.07) is 0.407. The monoisotopic (exact) mass is 266 g/mol. The Morgan fingerprint density at radius 2 is 2.00 bits per heavy atom. The van der Waals surface area contributed by atoms with Crippen LogP contribution in [0.5, 0.6) is 0 Å². The van der Waals surface area contributed by atoms with E-state index in [9.17, 15) is 27.7 Å². The number of nitro groups is 1. The van der Waals surface area contributed by atoms with E-state index < -0.39 is 33.1 Å². The van der Waals surface area contributed by atoms with Crippen molar-refractivity contribution in [2.75, 3.05) is 0 Å². The first-order chi connectivity index (χ1) is 7.77. The summed E-state index contributed by atoms with van der Waals surface area (Å²) in [5, 5.41) is 20.1. The van der Waals surface area contributed by atoms with Gasteiger partial charge in [-0.05, 0) is 17.8 Å². The highest BCUT2D eigenvalue weighted by Crippen LogP contribution is 2.38. The van der Waals surface area contributed by atoms with Gasteiger partial charge in [-0.2, -0.15) is 18.4 Å². The molecule has 1 aromatic rings. The average molecular weight is 266 g/mol. The number of thiocyanates is 1. The van der Waals surface area contributed by atoms with Crippen LogP contribution >= 0.6 is 11.8 Å². The summed E-state index contributed by atoms with van der Waals surface area (Å²) in [5.41, 5.74) is -2.51. The van der Waals surface area contributed by atoms with Crippen molar-refractivity contribution in [2.24, 2.45) is 0 Å². The number of hydrogen-bond acceptors (Lipinski definition) is 4. The smallest absolute Gasteiger partial charge is 0.258 e. The molecule has 0 spiro atoms. The standard InChI is InChI=1S/C8H2F4N2O2S/c9-5-2-6(14(15)16)7(17-3-13)1-4(5)8(10,11)12/h1-2H. The average Bonchev–Trinajstić information content (AvgIpc) is 2.18. The first kappa shape index (κ1) is 13.2. The Balaban J connectivity index is 3.46. The van der Waals surface area contributed by atoms with E-state index in [2.05, 4.69) is 0 Å². The summed E-state index contributed by atoms with van der Waals surface area (Å²) in [6.07, 6.45) is -4.97. The van der Waals surface area contributed by atoms with Crippen molar-refractivity contribution in [3.63, 3.8) is 0 Å². The molecule has 0 aromatic heterocycles. The number of alkyl halides is 3. The molecule has 0 saturated carbocycles. The van der Waals surface area contributed by atoms with E-state index in [1.807, 2.05) is 0 Å². The van der Waals surface area contributed by atoms with Crippen molar-refractivity contribution < 1.29 is 22.5 Å². The number of nitriles is 1. The van der Waals surface area contributed by atoms with Crippen LogP contribution in [0.4, 0.5) is 23.2 Å². The molecule has 0 heterocycles. The molecule has 0 unspecified atom stereocenters. The molecule has 0 saturated heterocycles. The van der Waals surface area contributed by atoms with E-state index in [1.165, 1.54) is 5.40 Å². The molecule has 1 aromatic carbocycles. The molecule has 4 nitrogen and oxygen atoms in total. The van der Waals surface area contributed by atoms with Crippen LogP contribution in [0, 0.1) is 26.6 Å². The third-order valence-electron chi connectivity index (χ3n) is 1.71. The van der Waals surface area contributed by atoms with Gasteiger partial charge in [0.2, 0.25) is 0 Å². The van der Waals surface area contributed by atoms with Gasteiger partial charge in [0.25, 0.3) is 5.69 Å². The number of halogens is 4. The molecule has 0 amide bonds. The van der Waals surface area contributed by atoms with Gasteiger partial charge in [0, 0.05) is 0 Å². The van der Waals surface area contributed by atoms with Gasteiger partial charge in [-0.1, -0.05) is 0 Å². The second-order valence-corrected chi connectivity index (χ2v) is 3.57. The summed E-state index contributed by atoms with van der Waals surface area (Å²) in [6.45, 7) is 0. The summed E-state index contributed by atoms with van der Waals surface area (Å²) in [4.78, 5) is 8.84. The van der Waals surface area contributed by atoms with Crippen molar-refractivity contribution in [2.45, 2.75) is 11.1 Å².